The maximum atomic E-state index is 12.7. The minimum atomic E-state index is -0.515. The molecule has 10 nitrogen and oxygen atoms in total. The van der Waals surface area contributed by atoms with E-state index in [9.17, 15) is 14.9 Å². The topological polar surface area (TPSA) is 121 Å². The molecule has 0 N–H and O–H groups in total. The number of hydrogen-bond donors (Lipinski definition) is 0. The molecule has 1 amide bonds. The van der Waals surface area contributed by atoms with Crippen LogP contribution in [0.3, 0.4) is 0 Å². The SMILES string of the molecule is COc1ccc(-c2noc(CN(C)C(=O)c3ccc(C)c([N+](=O)[O-])c3)n2)c(OC)c1. The van der Waals surface area contributed by atoms with Crippen LogP contribution in [0, 0.1) is 17.0 Å². The molecule has 0 spiro atoms. The van der Waals surface area contributed by atoms with Gasteiger partial charge >= 0.3 is 0 Å². The van der Waals surface area contributed by atoms with Gasteiger partial charge in [0.15, 0.2) is 0 Å². The quantitative estimate of drug-likeness (QED) is 0.428. The molecule has 0 saturated carbocycles. The standard InChI is InChI=1S/C20H20N4O6/c1-12-5-6-13(9-16(12)24(26)27)20(25)23(2)11-18-21-19(22-30-18)15-8-7-14(28-3)10-17(15)29-4/h5-10H,11H2,1-4H3. The van der Waals surface area contributed by atoms with Gasteiger partial charge in [0.2, 0.25) is 11.7 Å². The lowest BCUT2D eigenvalue weighted by atomic mass is 10.1. The van der Waals surface area contributed by atoms with Crippen molar-refractivity contribution in [1.82, 2.24) is 15.0 Å². The summed E-state index contributed by atoms with van der Waals surface area (Å²) in [7, 11) is 4.62. The fraction of sp³-hybridized carbons (Fsp3) is 0.250. The molecule has 0 aliphatic rings. The monoisotopic (exact) mass is 412 g/mol. The van der Waals surface area contributed by atoms with Gasteiger partial charge in [-0.2, -0.15) is 4.98 Å². The lowest BCUT2D eigenvalue weighted by molar-refractivity contribution is -0.385. The van der Waals surface area contributed by atoms with Crippen molar-refractivity contribution < 1.29 is 23.7 Å². The Morgan fingerprint density at radius 2 is 1.97 bits per heavy atom. The van der Waals surface area contributed by atoms with Gasteiger partial charge in [0, 0.05) is 30.3 Å². The molecule has 0 unspecified atom stereocenters. The summed E-state index contributed by atoms with van der Waals surface area (Å²) in [6.07, 6.45) is 0. The molecular weight excluding hydrogens is 392 g/mol. The Bertz CT molecular complexity index is 1090. The maximum Gasteiger partial charge on any atom is 0.273 e. The first-order valence-corrected chi connectivity index (χ1v) is 8.89. The van der Waals surface area contributed by atoms with Crippen molar-refractivity contribution in [2.45, 2.75) is 13.5 Å². The molecule has 3 aromatic rings. The summed E-state index contributed by atoms with van der Waals surface area (Å²) in [4.78, 5) is 28.9. The highest BCUT2D eigenvalue weighted by Crippen LogP contribution is 2.31. The highest BCUT2D eigenvalue weighted by Gasteiger charge is 2.20. The summed E-state index contributed by atoms with van der Waals surface area (Å²) in [5.41, 5.74) is 1.18. The van der Waals surface area contributed by atoms with E-state index in [4.69, 9.17) is 14.0 Å². The molecule has 0 aliphatic carbocycles. The predicted octanol–water partition coefficient (Wildman–Crippen LogP) is 3.24. The average Bonchev–Trinajstić information content (AvgIpc) is 3.20. The van der Waals surface area contributed by atoms with Crippen molar-refractivity contribution >= 4 is 11.6 Å². The zero-order valence-corrected chi connectivity index (χ0v) is 16.9. The molecule has 0 saturated heterocycles. The third kappa shape index (κ3) is 4.22. The number of amides is 1. The number of carbonyl (C=O) groups excluding carboxylic acids is 1. The van der Waals surface area contributed by atoms with E-state index in [1.165, 1.54) is 18.1 Å². The van der Waals surface area contributed by atoms with E-state index in [1.807, 2.05) is 0 Å². The Kier molecular flexibility index (Phi) is 5.95. The van der Waals surface area contributed by atoms with Gasteiger partial charge in [-0.15, -0.1) is 0 Å². The van der Waals surface area contributed by atoms with Gasteiger partial charge in [-0.25, -0.2) is 0 Å². The van der Waals surface area contributed by atoms with E-state index in [0.29, 0.717) is 28.5 Å². The molecule has 156 valence electrons. The fourth-order valence-corrected chi connectivity index (χ4v) is 2.85. The minimum absolute atomic E-state index is 0.0337. The summed E-state index contributed by atoms with van der Waals surface area (Å²) in [5, 5.41) is 15.1. The first kappa shape index (κ1) is 20.8. The number of hydrogen-bond acceptors (Lipinski definition) is 8. The normalized spacial score (nSPS) is 10.5. The second kappa shape index (κ2) is 8.60. The Morgan fingerprint density at radius 3 is 2.63 bits per heavy atom. The molecule has 30 heavy (non-hydrogen) atoms. The highest BCUT2D eigenvalue weighted by molar-refractivity contribution is 5.94. The van der Waals surface area contributed by atoms with Crippen molar-refractivity contribution in [3.05, 3.63) is 63.5 Å². The van der Waals surface area contributed by atoms with Crippen LogP contribution in [0.25, 0.3) is 11.4 Å². The molecular formula is C20H20N4O6. The number of ether oxygens (including phenoxy) is 2. The van der Waals surface area contributed by atoms with Crippen molar-refractivity contribution in [2.75, 3.05) is 21.3 Å². The van der Waals surface area contributed by atoms with Crippen LogP contribution in [-0.4, -0.2) is 47.1 Å². The Hall–Kier alpha value is -3.95. The van der Waals surface area contributed by atoms with E-state index < -0.39 is 10.8 Å². The lowest BCUT2D eigenvalue weighted by Gasteiger charge is -2.14. The molecule has 0 aliphatic heterocycles. The van der Waals surface area contributed by atoms with Gasteiger partial charge < -0.3 is 18.9 Å². The molecule has 10 heteroatoms. The summed E-state index contributed by atoms with van der Waals surface area (Å²) in [5.74, 6) is 1.24. The number of carbonyl (C=O) groups is 1. The zero-order chi connectivity index (χ0) is 21.8. The predicted molar refractivity (Wildman–Crippen MR) is 106 cm³/mol. The number of nitrogens with zero attached hydrogens (tertiary/aromatic N) is 4. The maximum absolute atomic E-state index is 12.7. The first-order valence-electron chi connectivity index (χ1n) is 8.89. The highest BCUT2D eigenvalue weighted by atomic mass is 16.6. The van der Waals surface area contributed by atoms with E-state index in [0.717, 1.165) is 0 Å². The number of nitro benzene ring substituents is 1. The van der Waals surface area contributed by atoms with E-state index in [-0.39, 0.29) is 23.7 Å². The third-order valence-electron chi connectivity index (χ3n) is 4.49. The number of nitro groups is 1. The average molecular weight is 412 g/mol. The molecule has 1 heterocycles. The van der Waals surface area contributed by atoms with E-state index >= 15 is 0 Å². The second-order valence-corrected chi connectivity index (χ2v) is 6.50. The number of benzene rings is 2. The van der Waals surface area contributed by atoms with Gasteiger partial charge in [-0.1, -0.05) is 11.2 Å². The van der Waals surface area contributed by atoms with Crippen LogP contribution in [0.5, 0.6) is 11.5 Å². The Labute approximate surface area is 172 Å². The van der Waals surface area contributed by atoms with Crippen molar-refractivity contribution in [1.29, 1.82) is 0 Å². The molecule has 0 atom stereocenters. The smallest absolute Gasteiger partial charge is 0.273 e. The van der Waals surface area contributed by atoms with Crippen molar-refractivity contribution in [3.8, 4) is 22.9 Å². The van der Waals surface area contributed by atoms with Crippen LogP contribution < -0.4 is 9.47 Å². The summed E-state index contributed by atoms with van der Waals surface area (Å²) >= 11 is 0. The molecule has 0 fully saturated rings. The molecule has 3 rings (SSSR count). The largest absolute Gasteiger partial charge is 0.497 e. The van der Waals surface area contributed by atoms with Crippen LogP contribution in [0.2, 0.25) is 0 Å². The van der Waals surface area contributed by atoms with Gasteiger partial charge in [0.05, 0.1) is 31.3 Å². The number of aryl methyl sites for hydroxylation is 1. The van der Waals surface area contributed by atoms with Crippen LogP contribution in [-0.2, 0) is 6.54 Å². The minimum Gasteiger partial charge on any atom is -0.497 e. The van der Waals surface area contributed by atoms with Gasteiger partial charge in [0.1, 0.15) is 11.5 Å². The summed E-state index contributed by atoms with van der Waals surface area (Å²) < 4.78 is 15.8. The lowest BCUT2D eigenvalue weighted by Crippen LogP contribution is -2.26. The third-order valence-corrected chi connectivity index (χ3v) is 4.49. The number of rotatable bonds is 7. The van der Waals surface area contributed by atoms with E-state index in [2.05, 4.69) is 10.1 Å². The zero-order valence-electron chi connectivity index (χ0n) is 16.9. The van der Waals surface area contributed by atoms with Crippen LogP contribution in [0.4, 0.5) is 5.69 Å². The summed E-state index contributed by atoms with van der Waals surface area (Å²) in [6, 6.07) is 9.53. The van der Waals surface area contributed by atoms with Crippen LogP contribution in [0.15, 0.2) is 40.9 Å². The summed E-state index contributed by atoms with van der Waals surface area (Å²) in [6.45, 7) is 1.65. The number of aromatic nitrogens is 2. The number of methoxy groups -OCH3 is 2. The Balaban J connectivity index is 1.78. The second-order valence-electron chi connectivity index (χ2n) is 6.50. The molecule has 0 bridgehead atoms. The van der Waals surface area contributed by atoms with Crippen molar-refractivity contribution in [3.63, 3.8) is 0 Å². The fourth-order valence-electron chi connectivity index (χ4n) is 2.85. The van der Waals surface area contributed by atoms with Gasteiger partial charge in [-0.05, 0) is 25.1 Å². The van der Waals surface area contributed by atoms with Crippen molar-refractivity contribution in [2.24, 2.45) is 0 Å². The molecule has 0 radical (unpaired) electrons. The molecule has 1 aromatic heterocycles. The van der Waals surface area contributed by atoms with Gasteiger partial charge in [-0.3, -0.25) is 14.9 Å². The van der Waals surface area contributed by atoms with Crippen LogP contribution in [0.1, 0.15) is 21.8 Å². The molecule has 2 aromatic carbocycles. The van der Waals surface area contributed by atoms with Gasteiger partial charge in [0.25, 0.3) is 11.6 Å². The van der Waals surface area contributed by atoms with E-state index in [1.54, 1.807) is 51.4 Å². The first-order chi connectivity index (χ1) is 14.3. The Morgan fingerprint density at radius 1 is 1.20 bits per heavy atom. The van der Waals surface area contributed by atoms with Crippen LogP contribution >= 0.6 is 0 Å².